The molecule has 0 bridgehead atoms. The highest BCUT2D eigenvalue weighted by molar-refractivity contribution is 9.10. The predicted octanol–water partition coefficient (Wildman–Crippen LogP) is 3.80. The Kier molecular flexibility index (Phi) is 4.75. The van der Waals surface area contributed by atoms with E-state index < -0.39 is 5.97 Å². The van der Waals surface area contributed by atoms with Crippen molar-refractivity contribution >= 4 is 33.5 Å². The molecule has 1 amide bonds. The highest BCUT2D eigenvalue weighted by Crippen LogP contribution is 2.18. The normalized spacial score (nSPS) is 10.0. The van der Waals surface area contributed by atoms with E-state index in [1.54, 1.807) is 30.3 Å². The predicted molar refractivity (Wildman–Crippen MR) is 84.6 cm³/mol. The SMILES string of the molecule is COC(=O)c1cccc(NC(=O)c2cc(Br)ccc2C)c1. The summed E-state index contributed by atoms with van der Waals surface area (Å²) >= 11 is 3.35. The molecule has 0 aromatic heterocycles. The molecule has 2 rings (SSSR count). The Bertz CT molecular complexity index is 698. The van der Waals surface area contributed by atoms with Crippen LogP contribution >= 0.6 is 15.9 Å². The summed E-state index contributed by atoms with van der Waals surface area (Å²) in [7, 11) is 1.32. The molecule has 0 aliphatic carbocycles. The van der Waals surface area contributed by atoms with Gasteiger partial charge in [-0.1, -0.05) is 28.1 Å². The number of aryl methyl sites for hydroxylation is 1. The topological polar surface area (TPSA) is 55.4 Å². The monoisotopic (exact) mass is 347 g/mol. The van der Waals surface area contributed by atoms with Crippen LogP contribution in [0.5, 0.6) is 0 Å². The molecule has 0 heterocycles. The van der Waals surface area contributed by atoms with Gasteiger partial charge in [0.25, 0.3) is 5.91 Å². The molecule has 0 radical (unpaired) electrons. The number of anilines is 1. The molecule has 5 heteroatoms. The molecule has 2 aromatic rings. The molecule has 1 N–H and O–H groups in total. The van der Waals surface area contributed by atoms with Gasteiger partial charge in [-0.25, -0.2) is 4.79 Å². The van der Waals surface area contributed by atoms with E-state index in [0.29, 0.717) is 16.8 Å². The third-order valence-electron chi connectivity index (χ3n) is 2.99. The molecule has 4 nitrogen and oxygen atoms in total. The average Bonchev–Trinajstić information content (AvgIpc) is 2.49. The van der Waals surface area contributed by atoms with Crippen LogP contribution in [0.4, 0.5) is 5.69 Å². The highest BCUT2D eigenvalue weighted by Gasteiger charge is 2.11. The van der Waals surface area contributed by atoms with Crippen molar-refractivity contribution in [1.29, 1.82) is 0 Å². The number of hydrogen-bond acceptors (Lipinski definition) is 3. The summed E-state index contributed by atoms with van der Waals surface area (Å²) in [6.07, 6.45) is 0. The van der Waals surface area contributed by atoms with Gasteiger partial charge in [-0.3, -0.25) is 4.79 Å². The number of esters is 1. The smallest absolute Gasteiger partial charge is 0.337 e. The van der Waals surface area contributed by atoms with Crippen LogP contribution in [0.3, 0.4) is 0 Å². The summed E-state index contributed by atoms with van der Waals surface area (Å²) in [5.74, 6) is -0.666. The number of halogens is 1. The highest BCUT2D eigenvalue weighted by atomic mass is 79.9. The Morgan fingerprint density at radius 2 is 1.90 bits per heavy atom. The van der Waals surface area contributed by atoms with Crippen molar-refractivity contribution in [1.82, 2.24) is 0 Å². The van der Waals surface area contributed by atoms with Crippen LogP contribution in [-0.4, -0.2) is 19.0 Å². The van der Waals surface area contributed by atoms with Crippen molar-refractivity contribution < 1.29 is 14.3 Å². The van der Waals surface area contributed by atoms with Crippen molar-refractivity contribution in [3.63, 3.8) is 0 Å². The number of ether oxygens (including phenoxy) is 1. The number of hydrogen-bond donors (Lipinski definition) is 1. The number of carbonyl (C=O) groups excluding carboxylic acids is 2. The largest absolute Gasteiger partial charge is 0.465 e. The van der Waals surface area contributed by atoms with Crippen LogP contribution < -0.4 is 5.32 Å². The zero-order valence-corrected chi connectivity index (χ0v) is 13.2. The van der Waals surface area contributed by atoms with Gasteiger partial charge in [0.05, 0.1) is 12.7 Å². The Hall–Kier alpha value is -2.14. The summed E-state index contributed by atoms with van der Waals surface area (Å²) in [4.78, 5) is 23.8. The fourth-order valence-corrected chi connectivity index (χ4v) is 2.24. The van der Waals surface area contributed by atoms with Crippen LogP contribution in [0.15, 0.2) is 46.9 Å². The Balaban J connectivity index is 2.23. The number of amides is 1. The first kappa shape index (κ1) is 15.3. The molecular formula is C16H14BrNO3. The standard InChI is InChI=1S/C16H14BrNO3/c1-10-6-7-12(17)9-14(10)15(19)18-13-5-3-4-11(8-13)16(20)21-2/h3-9H,1-2H3,(H,18,19). The quantitative estimate of drug-likeness (QED) is 0.859. The fraction of sp³-hybridized carbons (Fsp3) is 0.125. The molecule has 0 saturated heterocycles. The Morgan fingerprint density at radius 1 is 1.14 bits per heavy atom. The van der Waals surface area contributed by atoms with Crippen LogP contribution in [0.2, 0.25) is 0 Å². The first-order valence-corrected chi connectivity index (χ1v) is 7.06. The van der Waals surface area contributed by atoms with Crippen LogP contribution in [0, 0.1) is 6.92 Å². The molecule has 0 saturated carbocycles. The van der Waals surface area contributed by atoms with E-state index in [2.05, 4.69) is 26.0 Å². The lowest BCUT2D eigenvalue weighted by atomic mass is 10.1. The molecule has 21 heavy (non-hydrogen) atoms. The van der Waals surface area contributed by atoms with Crippen LogP contribution in [-0.2, 0) is 4.74 Å². The summed E-state index contributed by atoms with van der Waals surface area (Å²) < 4.78 is 5.49. The summed E-state index contributed by atoms with van der Waals surface area (Å²) in [6.45, 7) is 1.87. The van der Waals surface area contributed by atoms with Gasteiger partial charge in [0, 0.05) is 15.7 Å². The second-order valence-corrected chi connectivity index (χ2v) is 5.40. The number of carbonyl (C=O) groups is 2. The number of nitrogens with one attached hydrogen (secondary N) is 1. The van der Waals surface area contributed by atoms with E-state index in [1.807, 2.05) is 19.1 Å². The number of methoxy groups -OCH3 is 1. The maximum Gasteiger partial charge on any atom is 0.337 e. The van der Waals surface area contributed by atoms with E-state index >= 15 is 0 Å². The minimum absolute atomic E-state index is 0.226. The van der Waals surface area contributed by atoms with Gasteiger partial charge < -0.3 is 10.1 Å². The van der Waals surface area contributed by atoms with Gasteiger partial charge in [0.2, 0.25) is 0 Å². The summed E-state index contributed by atoms with van der Waals surface area (Å²) in [6, 6.07) is 12.1. The van der Waals surface area contributed by atoms with Gasteiger partial charge in [0.1, 0.15) is 0 Å². The van der Waals surface area contributed by atoms with Gasteiger partial charge in [-0.15, -0.1) is 0 Å². The zero-order valence-electron chi connectivity index (χ0n) is 11.6. The summed E-state index contributed by atoms with van der Waals surface area (Å²) in [5.41, 5.74) is 2.39. The van der Waals surface area contributed by atoms with E-state index in [0.717, 1.165) is 10.0 Å². The van der Waals surface area contributed by atoms with Crippen molar-refractivity contribution in [2.45, 2.75) is 6.92 Å². The van der Waals surface area contributed by atoms with Crippen molar-refractivity contribution in [3.05, 3.63) is 63.6 Å². The molecule has 0 atom stereocenters. The maximum absolute atomic E-state index is 12.3. The average molecular weight is 348 g/mol. The molecule has 0 aliphatic heterocycles. The molecular weight excluding hydrogens is 334 g/mol. The van der Waals surface area contributed by atoms with Gasteiger partial charge in [-0.05, 0) is 42.8 Å². The minimum atomic E-state index is -0.440. The van der Waals surface area contributed by atoms with E-state index in [1.165, 1.54) is 7.11 Å². The van der Waals surface area contributed by atoms with Gasteiger partial charge >= 0.3 is 5.97 Å². The van der Waals surface area contributed by atoms with Crippen LogP contribution in [0.25, 0.3) is 0 Å². The lowest BCUT2D eigenvalue weighted by Crippen LogP contribution is -2.14. The van der Waals surface area contributed by atoms with E-state index in [-0.39, 0.29) is 5.91 Å². The third kappa shape index (κ3) is 3.70. The fourth-order valence-electron chi connectivity index (χ4n) is 1.88. The number of benzene rings is 2. The summed E-state index contributed by atoms with van der Waals surface area (Å²) in [5, 5.41) is 2.78. The first-order chi connectivity index (χ1) is 10.0. The maximum atomic E-state index is 12.3. The minimum Gasteiger partial charge on any atom is -0.465 e. The molecule has 0 fully saturated rings. The Morgan fingerprint density at radius 3 is 2.62 bits per heavy atom. The van der Waals surface area contributed by atoms with Crippen LogP contribution in [0.1, 0.15) is 26.3 Å². The lowest BCUT2D eigenvalue weighted by molar-refractivity contribution is 0.0600. The zero-order chi connectivity index (χ0) is 15.4. The molecule has 0 unspecified atom stereocenters. The number of rotatable bonds is 3. The van der Waals surface area contributed by atoms with E-state index in [4.69, 9.17) is 0 Å². The van der Waals surface area contributed by atoms with Crippen molar-refractivity contribution in [2.24, 2.45) is 0 Å². The van der Waals surface area contributed by atoms with Crippen molar-refractivity contribution in [2.75, 3.05) is 12.4 Å². The third-order valence-corrected chi connectivity index (χ3v) is 3.48. The van der Waals surface area contributed by atoms with Crippen molar-refractivity contribution in [3.8, 4) is 0 Å². The second kappa shape index (κ2) is 6.54. The molecule has 2 aromatic carbocycles. The Labute approximate surface area is 131 Å². The molecule has 108 valence electrons. The lowest BCUT2D eigenvalue weighted by Gasteiger charge is -2.09. The molecule has 0 spiro atoms. The second-order valence-electron chi connectivity index (χ2n) is 4.49. The first-order valence-electron chi connectivity index (χ1n) is 6.27. The van der Waals surface area contributed by atoms with E-state index in [9.17, 15) is 9.59 Å². The van der Waals surface area contributed by atoms with Gasteiger partial charge in [0.15, 0.2) is 0 Å². The van der Waals surface area contributed by atoms with Gasteiger partial charge in [-0.2, -0.15) is 0 Å². The molecule has 0 aliphatic rings.